The molecule has 0 radical (unpaired) electrons. The van der Waals surface area contributed by atoms with Crippen molar-refractivity contribution in [3.63, 3.8) is 0 Å². The summed E-state index contributed by atoms with van der Waals surface area (Å²) in [7, 11) is 1.74. The molecule has 0 saturated heterocycles. The van der Waals surface area contributed by atoms with Crippen molar-refractivity contribution in [3.8, 4) is 0 Å². The van der Waals surface area contributed by atoms with Crippen molar-refractivity contribution in [2.24, 2.45) is 11.7 Å². The van der Waals surface area contributed by atoms with Gasteiger partial charge in [-0.15, -0.1) is 6.58 Å². The topological polar surface area (TPSA) is 47.3 Å². The van der Waals surface area contributed by atoms with Gasteiger partial charge >= 0.3 is 0 Å². The molecule has 1 aliphatic rings. The number of hydrogen-bond donors (Lipinski definition) is 2. The number of methoxy groups -OCH3 is 1. The molecule has 3 nitrogen and oxygen atoms in total. The van der Waals surface area contributed by atoms with E-state index in [1.54, 1.807) is 7.11 Å². The Kier molecular flexibility index (Phi) is 4.58. The first-order valence-electron chi connectivity index (χ1n) is 5.34. The van der Waals surface area contributed by atoms with Crippen molar-refractivity contribution in [3.05, 3.63) is 12.7 Å². The minimum atomic E-state index is 0.0117. The molecule has 1 unspecified atom stereocenters. The lowest BCUT2D eigenvalue weighted by atomic mass is 9.94. The van der Waals surface area contributed by atoms with Crippen LogP contribution in [0.15, 0.2) is 12.7 Å². The highest BCUT2D eigenvalue weighted by atomic mass is 16.5. The third kappa shape index (κ3) is 2.80. The fourth-order valence-electron chi connectivity index (χ4n) is 1.93. The molecule has 0 bridgehead atoms. The Balaban J connectivity index is 2.44. The molecule has 0 aromatic heterocycles. The molecule has 1 saturated carbocycles. The summed E-state index contributed by atoms with van der Waals surface area (Å²) in [5.41, 5.74) is 5.86. The van der Waals surface area contributed by atoms with Crippen LogP contribution in [-0.4, -0.2) is 32.3 Å². The Bertz CT molecular complexity index is 180. The minimum Gasteiger partial charge on any atom is -0.383 e. The average molecular weight is 198 g/mol. The molecule has 1 aliphatic carbocycles. The van der Waals surface area contributed by atoms with Gasteiger partial charge in [0.25, 0.3) is 0 Å². The van der Waals surface area contributed by atoms with Gasteiger partial charge in [0.2, 0.25) is 0 Å². The molecule has 1 rings (SSSR count). The summed E-state index contributed by atoms with van der Waals surface area (Å²) in [5.74, 6) is 0.706. The lowest BCUT2D eigenvalue weighted by Crippen LogP contribution is -2.56. The molecule has 0 amide bonds. The molecule has 0 aromatic carbocycles. The third-order valence-corrected chi connectivity index (χ3v) is 2.95. The van der Waals surface area contributed by atoms with Crippen LogP contribution in [0.4, 0.5) is 0 Å². The molecule has 1 atom stereocenters. The zero-order valence-corrected chi connectivity index (χ0v) is 9.09. The zero-order valence-electron chi connectivity index (χ0n) is 9.09. The maximum Gasteiger partial charge on any atom is 0.0659 e. The zero-order chi connectivity index (χ0) is 10.4. The van der Waals surface area contributed by atoms with Gasteiger partial charge in [-0.05, 0) is 31.7 Å². The first-order valence-corrected chi connectivity index (χ1v) is 5.34. The molecule has 82 valence electrons. The predicted octanol–water partition coefficient (Wildman–Crippen LogP) is 0.906. The van der Waals surface area contributed by atoms with Gasteiger partial charge in [0.05, 0.1) is 12.1 Å². The van der Waals surface area contributed by atoms with Crippen LogP contribution in [0.2, 0.25) is 0 Å². The number of nitrogens with two attached hydrogens (primary N) is 1. The number of ether oxygens (including phenoxy) is 1. The van der Waals surface area contributed by atoms with Gasteiger partial charge in [0.1, 0.15) is 0 Å². The molecular formula is C11H22N2O. The third-order valence-electron chi connectivity index (χ3n) is 2.95. The van der Waals surface area contributed by atoms with Crippen molar-refractivity contribution in [2.45, 2.75) is 24.8 Å². The first-order chi connectivity index (χ1) is 6.79. The van der Waals surface area contributed by atoms with E-state index in [-0.39, 0.29) is 5.54 Å². The van der Waals surface area contributed by atoms with E-state index in [1.165, 1.54) is 12.8 Å². The van der Waals surface area contributed by atoms with Crippen molar-refractivity contribution in [1.82, 2.24) is 5.32 Å². The summed E-state index contributed by atoms with van der Waals surface area (Å²) in [6.07, 6.45) is 5.47. The normalized spacial score (nSPS) is 20.4. The molecule has 0 spiro atoms. The number of hydrogen-bond acceptors (Lipinski definition) is 3. The van der Waals surface area contributed by atoms with Crippen LogP contribution in [0.25, 0.3) is 0 Å². The van der Waals surface area contributed by atoms with E-state index >= 15 is 0 Å². The van der Waals surface area contributed by atoms with E-state index in [2.05, 4.69) is 11.9 Å². The highest BCUT2D eigenvalue weighted by Crippen LogP contribution is 2.39. The Morgan fingerprint density at radius 2 is 2.36 bits per heavy atom. The number of nitrogens with one attached hydrogen (secondary N) is 1. The minimum absolute atomic E-state index is 0.0117. The molecule has 1 fully saturated rings. The molecular weight excluding hydrogens is 176 g/mol. The van der Waals surface area contributed by atoms with Gasteiger partial charge < -0.3 is 15.8 Å². The monoisotopic (exact) mass is 198 g/mol. The van der Waals surface area contributed by atoms with E-state index in [4.69, 9.17) is 10.5 Å². The van der Waals surface area contributed by atoms with Crippen molar-refractivity contribution in [1.29, 1.82) is 0 Å². The SMILES string of the molecule is C=CCCNC(CN)(COC)C1CC1. The summed E-state index contributed by atoms with van der Waals surface area (Å²) in [6, 6.07) is 0. The second kappa shape index (κ2) is 5.49. The molecule has 0 heterocycles. The summed E-state index contributed by atoms with van der Waals surface area (Å²) < 4.78 is 5.26. The lowest BCUT2D eigenvalue weighted by Gasteiger charge is -2.33. The summed E-state index contributed by atoms with van der Waals surface area (Å²) in [6.45, 7) is 6.02. The standard InChI is InChI=1S/C11H22N2O/c1-3-4-7-13-11(8-12,9-14-2)10-5-6-10/h3,10,13H,1,4-9,12H2,2H3. The average Bonchev–Trinajstić information content (AvgIpc) is 3.00. The van der Waals surface area contributed by atoms with Crippen LogP contribution in [0.5, 0.6) is 0 Å². The molecule has 14 heavy (non-hydrogen) atoms. The van der Waals surface area contributed by atoms with Crippen molar-refractivity contribution < 1.29 is 4.74 Å². The van der Waals surface area contributed by atoms with Gasteiger partial charge in [-0.3, -0.25) is 0 Å². The largest absolute Gasteiger partial charge is 0.383 e. The highest BCUT2D eigenvalue weighted by molar-refractivity contribution is 5.02. The van der Waals surface area contributed by atoms with Crippen LogP contribution in [-0.2, 0) is 4.74 Å². The second-order valence-corrected chi connectivity index (χ2v) is 4.07. The van der Waals surface area contributed by atoms with Crippen molar-refractivity contribution >= 4 is 0 Å². The van der Waals surface area contributed by atoms with Crippen LogP contribution < -0.4 is 11.1 Å². The maximum atomic E-state index is 5.85. The Hall–Kier alpha value is -0.380. The van der Waals surface area contributed by atoms with E-state index < -0.39 is 0 Å². The molecule has 3 heteroatoms. The second-order valence-electron chi connectivity index (χ2n) is 4.07. The summed E-state index contributed by atoms with van der Waals surface area (Å²) in [4.78, 5) is 0. The van der Waals surface area contributed by atoms with E-state index in [9.17, 15) is 0 Å². The number of rotatable bonds is 8. The first kappa shape index (κ1) is 11.7. The quantitative estimate of drug-likeness (QED) is 0.450. The molecule has 3 N–H and O–H groups in total. The molecule has 0 aromatic rings. The van der Waals surface area contributed by atoms with Crippen LogP contribution in [0.3, 0.4) is 0 Å². The van der Waals surface area contributed by atoms with Gasteiger partial charge in [0, 0.05) is 13.7 Å². The molecule has 0 aliphatic heterocycles. The van der Waals surface area contributed by atoms with Gasteiger partial charge in [0.15, 0.2) is 0 Å². The van der Waals surface area contributed by atoms with E-state index in [1.807, 2.05) is 6.08 Å². The summed E-state index contributed by atoms with van der Waals surface area (Å²) in [5, 5.41) is 3.53. The highest BCUT2D eigenvalue weighted by Gasteiger charge is 2.43. The van der Waals surface area contributed by atoms with E-state index in [0.717, 1.165) is 13.0 Å². The summed E-state index contributed by atoms with van der Waals surface area (Å²) >= 11 is 0. The van der Waals surface area contributed by atoms with Gasteiger partial charge in [-0.2, -0.15) is 0 Å². The lowest BCUT2D eigenvalue weighted by molar-refractivity contribution is 0.0993. The van der Waals surface area contributed by atoms with Gasteiger partial charge in [-0.25, -0.2) is 0 Å². The predicted molar refractivity (Wildman–Crippen MR) is 59.2 cm³/mol. The smallest absolute Gasteiger partial charge is 0.0659 e. The Morgan fingerprint density at radius 1 is 1.64 bits per heavy atom. The van der Waals surface area contributed by atoms with Crippen LogP contribution in [0, 0.1) is 5.92 Å². The fourth-order valence-corrected chi connectivity index (χ4v) is 1.93. The van der Waals surface area contributed by atoms with E-state index in [0.29, 0.717) is 19.1 Å². The van der Waals surface area contributed by atoms with Crippen LogP contribution >= 0.6 is 0 Å². The van der Waals surface area contributed by atoms with Gasteiger partial charge in [-0.1, -0.05) is 6.08 Å². The van der Waals surface area contributed by atoms with Crippen LogP contribution in [0.1, 0.15) is 19.3 Å². The Morgan fingerprint density at radius 3 is 2.79 bits per heavy atom. The Labute approximate surface area is 86.7 Å². The van der Waals surface area contributed by atoms with Crippen molar-refractivity contribution in [2.75, 3.05) is 26.8 Å². The maximum absolute atomic E-state index is 5.85. The fraction of sp³-hybridized carbons (Fsp3) is 0.818.